The van der Waals surface area contributed by atoms with Crippen molar-refractivity contribution in [3.8, 4) is 5.69 Å². The van der Waals surface area contributed by atoms with Crippen LogP contribution in [0.4, 0.5) is 10.5 Å². The molecule has 0 aliphatic carbocycles. The van der Waals surface area contributed by atoms with Crippen molar-refractivity contribution in [2.75, 3.05) is 31.1 Å². The van der Waals surface area contributed by atoms with Crippen LogP contribution in [0.3, 0.4) is 0 Å². The zero-order chi connectivity index (χ0) is 21.8. The molecule has 0 radical (unpaired) electrons. The molecule has 3 heterocycles. The Balaban J connectivity index is 1.21. The van der Waals surface area contributed by atoms with E-state index in [1.165, 1.54) is 0 Å². The lowest BCUT2D eigenvalue weighted by Gasteiger charge is -2.40. The largest absolute Gasteiger partial charge is 0.444 e. The number of fused-ring (bicyclic) bond motifs is 1. The lowest BCUT2D eigenvalue weighted by molar-refractivity contribution is 0.0317. The average molecular weight is 428 g/mol. The third kappa shape index (κ3) is 5.29. The van der Waals surface area contributed by atoms with Gasteiger partial charge in [0.1, 0.15) is 29.3 Å². The Bertz CT molecular complexity index is 1010. The third-order valence-corrected chi connectivity index (χ3v) is 4.89. The third-order valence-electron chi connectivity index (χ3n) is 4.89. The second kappa shape index (κ2) is 8.88. The molecule has 166 valence electrons. The van der Waals surface area contributed by atoms with E-state index in [0.29, 0.717) is 13.2 Å². The van der Waals surface area contributed by atoms with E-state index in [-0.39, 0.29) is 12.2 Å². The summed E-state index contributed by atoms with van der Waals surface area (Å²) in [6.45, 7) is 8.38. The number of anilines is 1. The smallest absolute Gasteiger partial charge is 0.407 e. The van der Waals surface area contributed by atoms with E-state index in [4.69, 9.17) is 9.47 Å². The van der Waals surface area contributed by atoms with Gasteiger partial charge in [-0.2, -0.15) is 15.4 Å². The summed E-state index contributed by atoms with van der Waals surface area (Å²) in [4.78, 5) is 13.8. The predicted molar refractivity (Wildman–Crippen MR) is 114 cm³/mol. The Labute approximate surface area is 180 Å². The molecule has 4 rings (SSSR count). The number of aromatic amines is 1. The van der Waals surface area contributed by atoms with E-state index in [0.717, 1.165) is 48.3 Å². The average Bonchev–Trinajstić information content (AvgIpc) is 3.35. The van der Waals surface area contributed by atoms with Crippen LogP contribution in [0.1, 0.15) is 33.6 Å². The molecule has 1 saturated heterocycles. The van der Waals surface area contributed by atoms with Gasteiger partial charge < -0.3 is 19.7 Å². The maximum atomic E-state index is 11.6. The second-order valence-electron chi connectivity index (χ2n) is 8.56. The number of hydrogen-bond acceptors (Lipinski definition) is 8. The maximum absolute atomic E-state index is 11.6. The lowest BCUT2D eigenvalue weighted by atomic mass is 10.1. The summed E-state index contributed by atoms with van der Waals surface area (Å²) in [5, 5.41) is 21.7. The van der Waals surface area contributed by atoms with Gasteiger partial charge in [-0.05, 0) is 45.7 Å². The molecule has 1 aliphatic rings. The lowest BCUT2D eigenvalue weighted by Crippen LogP contribution is -2.52. The first-order valence-electron chi connectivity index (χ1n) is 10.4. The highest BCUT2D eigenvalue weighted by molar-refractivity contribution is 5.90. The van der Waals surface area contributed by atoms with Crippen LogP contribution in [0, 0.1) is 0 Å². The minimum Gasteiger partial charge on any atom is -0.444 e. The fourth-order valence-corrected chi connectivity index (χ4v) is 3.36. The van der Waals surface area contributed by atoms with E-state index in [1.807, 2.05) is 31.4 Å². The van der Waals surface area contributed by atoms with Crippen LogP contribution in [0.5, 0.6) is 0 Å². The highest BCUT2D eigenvalue weighted by atomic mass is 16.6. The molecule has 11 heteroatoms. The number of hydrogen-bond donors (Lipinski definition) is 2. The molecule has 31 heavy (non-hydrogen) atoms. The van der Waals surface area contributed by atoms with Gasteiger partial charge in [0.15, 0.2) is 0 Å². The molecular weight excluding hydrogens is 400 g/mol. The van der Waals surface area contributed by atoms with Gasteiger partial charge in [-0.1, -0.05) is 0 Å². The molecule has 1 amide bonds. The summed E-state index contributed by atoms with van der Waals surface area (Å²) in [5.41, 5.74) is 3.10. The number of H-pyrrole nitrogens is 1. The molecular formula is C20H28N8O3. The van der Waals surface area contributed by atoms with Crippen LogP contribution in [0.25, 0.3) is 16.7 Å². The molecule has 0 spiro atoms. The number of alkyl carbamates (subject to hydrolysis) is 1. The van der Waals surface area contributed by atoms with Crippen molar-refractivity contribution in [2.45, 2.75) is 45.3 Å². The molecule has 1 aliphatic heterocycles. The number of ether oxygens (including phenoxy) is 2. The summed E-state index contributed by atoms with van der Waals surface area (Å²) in [5.74, 6) is 0. The molecule has 0 atom stereocenters. The van der Waals surface area contributed by atoms with Crippen molar-refractivity contribution in [2.24, 2.45) is 0 Å². The Morgan fingerprint density at radius 1 is 1.19 bits per heavy atom. The monoisotopic (exact) mass is 428 g/mol. The van der Waals surface area contributed by atoms with E-state index in [1.54, 1.807) is 12.7 Å². The molecule has 1 fully saturated rings. The normalized spacial score (nSPS) is 14.6. The zero-order valence-electron chi connectivity index (χ0n) is 18.0. The molecule has 0 bridgehead atoms. The van der Waals surface area contributed by atoms with Crippen molar-refractivity contribution in [1.82, 2.24) is 35.5 Å². The van der Waals surface area contributed by atoms with Crippen molar-refractivity contribution in [1.29, 1.82) is 0 Å². The van der Waals surface area contributed by atoms with E-state index >= 15 is 0 Å². The fraction of sp³-hybridized carbons (Fsp3) is 0.550. The SMILES string of the molecule is CC(C)(C)OC(=O)NCCCCOC1CN(c2cc(-n3cnnc3)cc3n[nH]nc23)C1. The Morgan fingerprint density at radius 2 is 1.97 bits per heavy atom. The number of amides is 1. The summed E-state index contributed by atoms with van der Waals surface area (Å²) in [6, 6.07) is 4.01. The number of benzene rings is 1. The molecule has 11 nitrogen and oxygen atoms in total. The number of nitrogens with zero attached hydrogens (tertiary/aromatic N) is 6. The van der Waals surface area contributed by atoms with Gasteiger partial charge >= 0.3 is 6.09 Å². The summed E-state index contributed by atoms with van der Waals surface area (Å²) >= 11 is 0. The number of unbranched alkanes of at least 4 members (excludes halogenated alkanes) is 1. The van der Waals surface area contributed by atoms with Crippen LogP contribution < -0.4 is 10.2 Å². The number of nitrogens with one attached hydrogen (secondary N) is 2. The van der Waals surface area contributed by atoms with Gasteiger partial charge in [0.05, 0.1) is 17.5 Å². The Hall–Kier alpha value is -3.21. The van der Waals surface area contributed by atoms with E-state index < -0.39 is 5.60 Å². The fourth-order valence-electron chi connectivity index (χ4n) is 3.36. The maximum Gasteiger partial charge on any atom is 0.407 e. The van der Waals surface area contributed by atoms with Crippen LogP contribution in [-0.2, 0) is 9.47 Å². The van der Waals surface area contributed by atoms with E-state index in [2.05, 4.69) is 41.9 Å². The number of rotatable bonds is 8. The van der Waals surface area contributed by atoms with Gasteiger partial charge in [-0.3, -0.25) is 4.57 Å². The van der Waals surface area contributed by atoms with Gasteiger partial charge in [-0.25, -0.2) is 4.79 Å². The van der Waals surface area contributed by atoms with E-state index in [9.17, 15) is 4.79 Å². The van der Waals surface area contributed by atoms with Crippen molar-refractivity contribution >= 4 is 22.8 Å². The number of carbonyl (C=O) groups excluding carboxylic acids is 1. The van der Waals surface area contributed by atoms with Gasteiger partial charge in [0.2, 0.25) is 0 Å². The van der Waals surface area contributed by atoms with Gasteiger partial charge in [0.25, 0.3) is 0 Å². The number of carbonyl (C=O) groups is 1. The predicted octanol–water partition coefficient (Wildman–Crippen LogP) is 2.05. The molecule has 0 unspecified atom stereocenters. The number of aromatic nitrogens is 6. The highest BCUT2D eigenvalue weighted by Gasteiger charge is 2.30. The van der Waals surface area contributed by atoms with Crippen LogP contribution in [0.15, 0.2) is 24.8 Å². The summed E-state index contributed by atoms with van der Waals surface area (Å²) in [6.07, 6.45) is 4.84. The second-order valence-corrected chi connectivity index (χ2v) is 8.56. The molecule has 1 aromatic carbocycles. The van der Waals surface area contributed by atoms with Crippen LogP contribution in [-0.4, -0.2) is 74.2 Å². The first-order valence-corrected chi connectivity index (χ1v) is 10.4. The first kappa shape index (κ1) is 21.0. The van der Waals surface area contributed by atoms with Crippen molar-refractivity contribution in [3.05, 3.63) is 24.8 Å². The molecule has 0 saturated carbocycles. The topological polar surface area (TPSA) is 123 Å². The van der Waals surface area contributed by atoms with Crippen molar-refractivity contribution < 1.29 is 14.3 Å². The molecule has 2 N–H and O–H groups in total. The first-order chi connectivity index (χ1) is 14.9. The Kier molecular flexibility index (Phi) is 6.03. The standard InChI is InChI=1S/C20H28N8O3/c1-20(2,3)31-19(29)21-6-4-5-7-30-15-10-27(11-15)17-9-14(28-12-22-23-13-28)8-16-18(17)25-26-24-16/h8-9,12-13,15H,4-7,10-11H2,1-3H3,(H,21,29)(H,24,25,26). The molecule has 2 aromatic heterocycles. The highest BCUT2D eigenvalue weighted by Crippen LogP contribution is 2.31. The zero-order valence-corrected chi connectivity index (χ0v) is 18.0. The quantitative estimate of drug-likeness (QED) is 0.523. The van der Waals surface area contributed by atoms with Crippen LogP contribution in [0.2, 0.25) is 0 Å². The van der Waals surface area contributed by atoms with Crippen molar-refractivity contribution in [3.63, 3.8) is 0 Å². The van der Waals surface area contributed by atoms with Crippen LogP contribution >= 0.6 is 0 Å². The Morgan fingerprint density at radius 3 is 2.71 bits per heavy atom. The van der Waals surface area contributed by atoms with Gasteiger partial charge in [0, 0.05) is 26.2 Å². The summed E-state index contributed by atoms with van der Waals surface area (Å²) < 4.78 is 13.0. The van der Waals surface area contributed by atoms with Gasteiger partial charge in [-0.15, -0.1) is 10.2 Å². The summed E-state index contributed by atoms with van der Waals surface area (Å²) in [7, 11) is 0. The minimum atomic E-state index is -0.476. The molecule has 3 aromatic rings. The minimum absolute atomic E-state index is 0.180.